The second-order valence-corrected chi connectivity index (χ2v) is 6.73. The number of hydrogen-bond donors (Lipinski definition) is 1. The van der Waals surface area contributed by atoms with Crippen LogP contribution in [0.15, 0.2) is 18.6 Å². The maximum absolute atomic E-state index is 12.9. The van der Waals surface area contributed by atoms with E-state index >= 15 is 0 Å². The molecule has 150 valence electrons. The van der Waals surface area contributed by atoms with Crippen molar-refractivity contribution in [2.24, 2.45) is 7.05 Å². The minimum absolute atomic E-state index is 0.169. The van der Waals surface area contributed by atoms with Crippen molar-refractivity contribution in [3.05, 3.63) is 34.4 Å². The van der Waals surface area contributed by atoms with Gasteiger partial charge in [0.15, 0.2) is 0 Å². The van der Waals surface area contributed by atoms with Crippen molar-refractivity contribution < 1.29 is 14.5 Å². The Morgan fingerprint density at radius 1 is 1.25 bits per heavy atom. The van der Waals surface area contributed by atoms with Gasteiger partial charge >= 0.3 is 5.69 Å². The third kappa shape index (κ3) is 3.87. The molecule has 1 aliphatic rings. The van der Waals surface area contributed by atoms with Gasteiger partial charge < -0.3 is 10.2 Å². The Labute approximate surface area is 161 Å². The van der Waals surface area contributed by atoms with E-state index in [4.69, 9.17) is 0 Å². The fraction of sp³-hybridized carbons (Fsp3) is 0.529. The van der Waals surface area contributed by atoms with Crippen LogP contribution < -0.4 is 5.32 Å². The molecule has 2 aromatic rings. The van der Waals surface area contributed by atoms with Gasteiger partial charge in [-0.05, 0) is 25.7 Å². The summed E-state index contributed by atoms with van der Waals surface area (Å²) in [4.78, 5) is 37.7. The number of nitro groups is 1. The number of aryl methyl sites for hydroxylation is 1. The Balaban J connectivity index is 1.79. The molecule has 1 N–H and O–H groups in total. The Morgan fingerprint density at radius 2 is 1.96 bits per heavy atom. The molecule has 1 unspecified atom stereocenters. The zero-order chi connectivity index (χ0) is 20.3. The van der Waals surface area contributed by atoms with E-state index < -0.39 is 16.9 Å². The lowest BCUT2D eigenvalue weighted by molar-refractivity contribution is -0.385. The molecule has 1 atom stereocenters. The molecule has 1 saturated heterocycles. The lowest BCUT2D eigenvalue weighted by atomic mass is 10.1. The molecule has 0 spiro atoms. The predicted molar refractivity (Wildman–Crippen MR) is 99.8 cm³/mol. The number of nitrogens with one attached hydrogen (secondary N) is 1. The molecule has 0 saturated carbocycles. The van der Waals surface area contributed by atoms with Crippen molar-refractivity contribution in [3.8, 4) is 0 Å². The highest BCUT2D eigenvalue weighted by atomic mass is 16.6. The summed E-state index contributed by atoms with van der Waals surface area (Å²) in [6.45, 7) is 3.15. The molecule has 3 heterocycles. The fourth-order valence-corrected chi connectivity index (χ4v) is 3.33. The fourth-order valence-electron chi connectivity index (χ4n) is 3.33. The minimum atomic E-state index is -0.744. The van der Waals surface area contributed by atoms with E-state index in [-0.39, 0.29) is 11.6 Å². The Hall–Kier alpha value is -3.24. The van der Waals surface area contributed by atoms with E-state index in [2.05, 4.69) is 15.5 Å². The highest BCUT2D eigenvalue weighted by Gasteiger charge is 2.28. The molecule has 2 amide bonds. The SMILES string of the molecule is CCC(C(=O)Nc1cnn(C)c1C(=O)N1CCCCC1)n1cc([N+](=O)[O-])cn1. The van der Waals surface area contributed by atoms with E-state index in [1.54, 1.807) is 18.9 Å². The summed E-state index contributed by atoms with van der Waals surface area (Å²) < 4.78 is 2.71. The number of piperidine rings is 1. The predicted octanol–water partition coefficient (Wildman–Crippen LogP) is 1.74. The highest BCUT2D eigenvalue weighted by molar-refractivity contribution is 6.03. The minimum Gasteiger partial charge on any atom is -0.337 e. The van der Waals surface area contributed by atoms with Crippen LogP contribution in [0, 0.1) is 10.1 Å². The van der Waals surface area contributed by atoms with Crippen LogP contribution in [-0.2, 0) is 11.8 Å². The summed E-state index contributed by atoms with van der Waals surface area (Å²) in [7, 11) is 1.65. The first-order valence-corrected chi connectivity index (χ1v) is 9.23. The summed E-state index contributed by atoms with van der Waals surface area (Å²) in [5.41, 5.74) is 0.452. The summed E-state index contributed by atoms with van der Waals surface area (Å²) in [6, 6.07) is -0.744. The largest absolute Gasteiger partial charge is 0.337 e. The molecule has 28 heavy (non-hydrogen) atoms. The van der Waals surface area contributed by atoms with Crippen molar-refractivity contribution in [2.75, 3.05) is 18.4 Å². The standard InChI is InChI=1S/C17H23N7O4/c1-3-14(23-11-12(9-19-23)24(27)28)16(25)20-13-10-18-21(2)15(13)17(26)22-7-5-4-6-8-22/h9-11,14H,3-8H2,1-2H3,(H,20,25). The molecular weight excluding hydrogens is 366 g/mol. The van der Waals surface area contributed by atoms with Gasteiger partial charge in [0, 0.05) is 20.1 Å². The van der Waals surface area contributed by atoms with Crippen LogP contribution in [0.3, 0.4) is 0 Å². The van der Waals surface area contributed by atoms with Crippen LogP contribution in [0.2, 0.25) is 0 Å². The highest BCUT2D eigenvalue weighted by Crippen LogP contribution is 2.22. The number of amides is 2. The number of likely N-dealkylation sites (tertiary alicyclic amines) is 1. The topological polar surface area (TPSA) is 128 Å². The third-order valence-electron chi connectivity index (χ3n) is 4.85. The number of hydrogen-bond acceptors (Lipinski definition) is 6. The number of rotatable bonds is 6. The van der Waals surface area contributed by atoms with Crippen molar-refractivity contribution in [2.45, 2.75) is 38.6 Å². The monoisotopic (exact) mass is 389 g/mol. The van der Waals surface area contributed by atoms with E-state index in [9.17, 15) is 19.7 Å². The summed E-state index contributed by atoms with van der Waals surface area (Å²) in [5, 5.41) is 21.6. The first-order valence-electron chi connectivity index (χ1n) is 9.23. The molecule has 11 heteroatoms. The first kappa shape index (κ1) is 19.5. The number of anilines is 1. The van der Waals surface area contributed by atoms with Gasteiger partial charge in [0.2, 0.25) is 5.91 Å². The zero-order valence-corrected chi connectivity index (χ0v) is 15.9. The molecule has 3 rings (SSSR count). The normalized spacial score (nSPS) is 15.3. The molecule has 11 nitrogen and oxygen atoms in total. The van der Waals surface area contributed by atoms with Crippen molar-refractivity contribution in [1.82, 2.24) is 24.5 Å². The van der Waals surface area contributed by atoms with Crippen molar-refractivity contribution in [3.63, 3.8) is 0 Å². The Morgan fingerprint density at radius 3 is 2.57 bits per heavy atom. The average Bonchev–Trinajstić information content (AvgIpc) is 3.30. The van der Waals surface area contributed by atoms with Gasteiger partial charge in [-0.1, -0.05) is 6.92 Å². The first-order chi connectivity index (χ1) is 13.4. The molecule has 0 radical (unpaired) electrons. The van der Waals surface area contributed by atoms with Crippen LogP contribution in [0.25, 0.3) is 0 Å². The number of carbonyl (C=O) groups is 2. The lowest BCUT2D eigenvalue weighted by Crippen LogP contribution is -2.37. The van der Waals surface area contributed by atoms with Crippen LogP contribution in [-0.4, -0.2) is 54.3 Å². The number of aromatic nitrogens is 4. The van der Waals surface area contributed by atoms with E-state index in [1.807, 2.05) is 0 Å². The maximum atomic E-state index is 12.9. The van der Waals surface area contributed by atoms with E-state index in [1.165, 1.54) is 21.8 Å². The number of carbonyl (C=O) groups excluding carboxylic acids is 2. The van der Waals surface area contributed by atoms with Gasteiger partial charge in [-0.2, -0.15) is 10.2 Å². The van der Waals surface area contributed by atoms with Crippen LogP contribution in [0.1, 0.15) is 49.1 Å². The van der Waals surface area contributed by atoms with Gasteiger partial charge in [0.25, 0.3) is 5.91 Å². The molecule has 2 aromatic heterocycles. The Kier molecular flexibility index (Phi) is 5.71. The molecule has 0 bridgehead atoms. The molecular formula is C17H23N7O4. The van der Waals surface area contributed by atoms with Gasteiger partial charge in [0.05, 0.1) is 16.8 Å². The molecule has 1 fully saturated rings. The van der Waals surface area contributed by atoms with Gasteiger partial charge in [-0.3, -0.25) is 29.1 Å². The summed E-state index contributed by atoms with van der Waals surface area (Å²) >= 11 is 0. The zero-order valence-electron chi connectivity index (χ0n) is 15.9. The van der Waals surface area contributed by atoms with Gasteiger partial charge in [-0.15, -0.1) is 0 Å². The summed E-state index contributed by atoms with van der Waals surface area (Å²) in [5.74, 6) is -0.584. The second kappa shape index (κ2) is 8.19. The number of nitrogens with zero attached hydrogens (tertiary/aromatic N) is 6. The summed E-state index contributed by atoms with van der Waals surface area (Å²) in [6.07, 6.45) is 7.16. The van der Waals surface area contributed by atoms with Gasteiger partial charge in [-0.25, -0.2) is 0 Å². The van der Waals surface area contributed by atoms with Crippen molar-refractivity contribution in [1.29, 1.82) is 0 Å². The Bertz CT molecular complexity index is 882. The van der Waals surface area contributed by atoms with Gasteiger partial charge in [0.1, 0.15) is 24.1 Å². The maximum Gasteiger partial charge on any atom is 0.307 e. The van der Waals surface area contributed by atoms with E-state index in [0.29, 0.717) is 30.9 Å². The molecule has 0 aromatic carbocycles. The lowest BCUT2D eigenvalue weighted by Gasteiger charge is -2.27. The molecule has 0 aliphatic carbocycles. The molecule has 1 aliphatic heterocycles. The van der Waals surface area contributed by atoms with E-state index in [0.717, 1.165) is 25.5 Å². The van der Waals surface area contributed by atoms with Crippen LogP contribution >= 0.6 is 0 Å². The smallest absolute Gasteiger partial charge is 0.307 e. The van der Waals surface area contributed by atoms with Crippen LogP contribution in [0.5, 0.6) is 0 Å². The van der Waals surface area contributed by atoms with Crippen molar-refractivity contribution >= 4 is 23.2 Å². The second-order valence-electron chi connectivity index (χ2n) is 6.73. The average molecular weight is 389 g/mol. The quantitative estimate of drug-likeness (QED) is 0.592. The third-order valence-corrected chi connectivity index (χ3v) is 4.85. The van der Waals surface area contributed by atoms with Crippen LogP contribution in [0.4, 0.5) is 11.4 Å².